The highest BCUT2D eigenvalue weighted by molar-refractivity contribution is 15.0. The topological polar surface area (TPSA) is 0 Å². The van der Waals surface area contributed by atoms with Crippen LogP contribution in [0.1, 0.15) is 34.6 Å². The van der Waals surface area contributed by atoms with Crippen LogP contribution in [-0.2, 0) is 0 Å². The third kappa shape index (κ3) is 2.65. The van der Waals surface area contributed by atoms with Gasteiger partial charge in [-0.2, -0.15) is 12.6 Å². The zero-order chi connectivity index (χ0) is 10.8. The maximum Gasteiger partial charge on any atom is 0.0524 e. The lowest BCUT2D eigenvalue weighted by atomic mass is 9.98. The molecule has 1 rings (SSSR count). The minimum Gasteiger partial charge on any atom is -0.164 e. The van der Waals surface area contributed by atoms with Gasteiger partial charge in [0.1, 0.15) is 0 Å². The molecule has 0 fully saturated rings. The Morgan fingerprint density at radius 2 is 1.15 bits per heavy atom. The zero-order valence-electron chi connectivity index (χ0n) is 8.70. The van der Waals surface area contributed by atoms with E-state index in [9.17, 15) is 0 Å². The molecule has 0 aromatic heterocycles. The quantitative estimate of drug-likeness (QED) is 0.406. The van der Waals surface area contributed by atoms with Crippen molar-refractivity contribution in [2.24, 2.45) is 0 Å². The van der Waals surface area contributed by atoms with E-state index in [-0.39, 0.29) is 4.75 Å². The van der Waals surface area contributed by atoms with Gasteiger partial charge in [-0.25, -0.2) is 0 Å². The molecule has 0 bridgehead atoms. The molecule has 1 aliphatic rings. The van der Waals surface area contributed by atoms with Crippen LogP contribution < -0.4 is 0 Å². The van der Waals surface area contributed by atoms with Gasteiger partial charge >= 0.3 is 0 Å². The average Bonchev–Trinajstić information content (AvgIpc) is 2.25. The van der Waals surface area contributed by atoms with Crippen molar-refractivity contribution >= 4 is 49.9 Å². The van der Waals surface area contributed by atoms with Crippen molar-refractivity contribution in [3.63, 3.8) is 0 Å². The molecule has 0 aromatic rings. The van der Waals surface area contributed by atoms with Crippen molar-refractivity contribution in [1.29, 1.82) is 0 Å². The van der Waals surface area contributed by atoms with Gasteiger partial charge in [0.15, 0.2) is 0 Å². The molecule has 0 radical (unpaired) electrons. The van der Waals surface area contributed by atoms with E-state index < -0.39 is 0 Å². The third-order valence-corrected chi connectivity index (χ3v) is 3.82. The number of thiol groups is 1. The van der Waals surface area contributed by atoms with E-state index in [1.807, 2.05) is 0 Å². The van der Waals surface area contributed by atoms with Crippen molar-refractivity contribution in [2.45, 2.75) is 39.4 Å². The molecule has 0 heterocycles. The van der Waals surface area contributed by atoms with Crippen LogP contribution in [0.25, 0.3) is 0 Å². The van der Waals surface area contributed by atoms with Crippen LogP contribution in [0.5, 0.6) is 0 Å². The van der Waals surface area contributed by atoms with Gasteiger partial charge < -0.3 is 0 Å². The first-order chi connectivity index (χ1) is 5.89. The summed E-state index contributed by atoms with van der Waals surface area (Å²) in [7, 11) is 0. The van der Waals surface area contributed by atoms with Crippen LogP contribution in [-0.4, -0.2) is 4.75 Å². The predicted octanol–water partition coefficient (Wildman–Crippen LogP) is 5.13. The van der Waals surface area contributed by atoms with Gasteiger partial charge in [0.05, 0.1) is 4.75 Å². The van der Waals surface area contributed by atoms with Gasteiger partial charge in [-0.05, 0) is 45.8 Å². The van der Waals surface area contributed by atoms with Crippen molar-refractivity contribution in [3.05, 3.63) is 22.3 Å². The minimum atomic E-state index is 0.00810. The smallest absolute Gasteiger partial charge is 0.0524 e. The fraction of sp³-hybridized carbons (Fsp3) is 0.600. The predicted molar refractivity (Wildman–Crippen MR) is 82.2 cm³/mol. The van der Waals surface area contributed by atoms with Crippen molar-refractivity contribution in [2.75, 3.05) is 0 Å². The van der Waals surface area contributed by atoms with E-state index in [2.05, 4.69) is 84.5 Å². The lowest BCUT2D eigenvalue weighted by Crippen LogP contribution is -2.16. The highest BCUT2D eigenvalue weighted by atomic mass is 128. The minimum absolute atomic E-state index is 0.00810. The largest absolute Gasteiger partial charge is 0.164 e. The molecule has 0 aromatic carbocycles. The number of rotatable bonds is 0. The first-order valence-electron chi connectivity index (χ1n) is 4.12. The van der Waals surface area contributed by atoms with E-state index in [1.165, 1.54) is 22.3 Å². The Balaban J connectivity index is 0.000000671. The van der Waals surface area contributed by atoms with Crippen LogP contribution in [0.15, 0.2) is 22.3 Å². The SMILES string of the molecule is CC1=C(C)C(C)(S)C(C)=C1C.II. The Bertz CT molecular complexity index is 236. The number of hydrogen-bond donors (Lipinski definition) is 1. The second kappa shape index (κ2) is 5.39. The van der Waals surface area contributed by atoms with Crippen LogP contribution >= 0.6 is 49.9 Å². The van der Waals surface area contributed by atoms with E-state index in [0.717, 1.165) is 0 Å². The van der Waals surface area contributed by atoms with Gasteiger partial charge in [-0.3, -0.25) is 0 Å². The summed E-state index contributed by atoms with van der Waals surface area (Å²) in [5.41, 5.74) is 5.63. The van der Waals surface area contributed by atoms with Gasteiger partial charge in [0.2, 0.25) is 0 Å². The molecule has 0 saturated carbocycles. The number of allylic oxidation sites excluding steroid dienone is 2. The van der Waals surface area contributed by atoms with Gasteiger partial charge in [-0.15, -0.1) is 0 Å². The van der Waals surface area contributed by atoms with Crippen molar-refractivity contribution < 1.29 is 0 Å². The second-order valence-corrected chi connectivity index (χ2v) is 4.47. The normalized spacial score (nSPS) is 20.3. The zero-order valence-corrected chi connectivity index (χ0v) is 13.9. The summed E-state index contributed by atoms with van der Waals surface area (Å²) in [5, 5.41) is 0. The van der Waals surface area contributed by atoms with E-state index in [0.29, 0.717) is 0 Å². The molecule has 0 saturated heterocycles. The molecule has 0 atom stereocenters. The monoisotopic (exact) mass is 422 g/mol. The molecular weight excluding hydrogens is 406 g/mol. The van der Waals surface area contributed by atoms with Crippen LogP contribution in [0.2, 0.25) is 0 Å². The van der Waals surface area contributed by atoms with E-state index in [4.69, 9.17) is 0 Å². The standard InChI is InChI=1S/C10H16S.I2/c1-6-7(2)9(4)10(5,11)8(6)3;1-2/h11H,1-5H3;. The third-order valence-electron chi connectivity index (χ3n) is 3.15. The Hall–Kier alpha value is 1.29. The summed E-state index contributed by atoms with van der Waals surface area (Å²) < 4.78 is 0.00810. The molecule has 0 unspecified atom stereocenters. The summed E-state index contributed by atoms with van der Waals surface area (Å²) >= 11 is 8.88. The van der Waals surface area contributed by atoms with Crippen LogP contribution in [0.3, 0.4) is 0 Å². The Morgan fingerprint density at radius 3 is 1.23 bits per heavy atom. The maximum absolute atomic E-state index is 4.64. The van der Waals surface area contributed by atoms with Gasteiger partial charge in [0.25, 0.3) is 0 Å². The fourth-order valence-electron chi connectivity index (χ4n) is 1.57. The van der Waals surface area contributed by atoms with E-state index in [1.54, 1.807) is 0 Å². The average molecular weight is 422 g/mol. The number of halogens is 2. The van der Waals surface area contributed by atoms with Crippen LogP contribution in [0, 0.1) is 0 Å². The fourth-order valence-corrected chi connectivity index (χ4v) is 1.91. The molecule has 1 aliphatic carbocycles. The maximum atomic E-state index is 4.64. The molecule has 0 spiro atoms. The molecule has 3 heteroatoms. The second-order valence-electron chi connectivity index (χ2n) is 3.57. The number of hydrogen-bond acceptors (Lipinski definition) is 1. The summed E-state index contributed by atoms with van der Waals surface area (Å²) in [6, 6.07) is 0. The van der Waals surface area contributed by atoms with E-state index >= 15 is 0 Å². The highest BCUT2D eigenvalue weighted by Gasteiger charge is 2.32. The van der Waals surface area contributed by atoms with Gasteiger partial charge in [0, 0.05) is 37.2 Å². The Kier molecular flexibility index (Phi) is 5.93. The Morgan fingerprint density at radius 1 is 0.923 bits per heavy atom. The summed E-state index contributed by atoms with van der Waals surface area (Å²) in [6.07, 6.45) is 0. The van der Waals surface area contributed by atoms with Crippen LogP contribution in [0.4, 0.5) is 0 Å². The summed E-state index contributed by atoms with van der Waals surface area (Å²) in [4.78, 5) is 0. The Labute approximate surface area is 110 Å². The first-order valence-corrected chi connectivity index (χ1v) is 10.8. The van der Waals surface area contributed by atoms with Crippen molar-refractivity contribution in [1.82, 2.24) is 0 Å². The molecule has 76 valence electrons. The molecule has 0 nitrogen and oxygen atoms in total. The highest BCUT2D eigenvalue weighted by Crippen LogP contribution is 2.43. The molecule has 13 heavy (non-hydrogen) atoms. The van der Waals surface area contributed by atoms with Gasteiger partial charge in [-0.1, -0.05) is 11.1 Å². The first kappa shape index (κ1) is 14.3. The van der Waals surface area contributed by atoms with Crippen molar-refractivity contribution in [3.8, 4) is 0 Å². The lowest BCUT2D eigenvalue weighted by molar-refractivity contribution is 0.883. The molecule has 0 amide bonds. The summed E-state index contributed by atoms with van der Waals surface area (Å²) in [5.74, 6) is 0. The summed E-state index contributed by atoms with van der Waals surface area (Å²) in [6.45, 7) is 10.9. The molecule has 0 N–H and O–H groups in total. The molecule has 0 aliphatic heterocycles. The molecular formula is C10H16I2S. The lowest BCUT2D eigenvalue weighted by Gasteiger charge is -2.21.